The molecule has 0 radical (unpaired) electrons. The third kappa shape index (κ3) is 63.7. The first-order valence-corrected chi connectivity index (χ1v) is 3.15. The van der Waals surface area contributed by atoms with Crippen molar-refractivity contribution in [3.05, 3.63) is 6.42 Å². The van der Waals surface area contributed by atoms with Crippen molar-refractivity contribution in [3.8, 4) is 0 Å². The van der Waals surface area contributed by atoms with Gasteiger partial charge in [-0.3, -0.25) is 0 Å². The van der Waals surface area contributed by atoms with Crippen molar-refractivity contribution >= 4 is 23.1 Å². The molecule has 0 aliphatic heterocycles. The van der Waals surface area contributed by atoms with E-state index in [1.165, 1.54) is 0 Å². The maximum atomic E-state index is 4.83. The van der Waals surface area contributed by atoms with Crippen LogP contribution in [-0.4, -0.2) is 36.3 Å². The number of hydrogen-bond donors (Lipinski definition) is 0. The van der Waals surface area contributed by atoms with Crippen LogP contribution in [0.5, 0.6) is 0 Å². The fourth-order valence-electron chi connectivity index (χ4n) is 0.204. The van der Waals surface area contributed by atoms with Gasteiger partial charge in [-0.15, -0.1) is 0 Å². The van der Waals surface area contributed by atoms with Gasteiger partial charge in [0, 0.05) is 13.2 Å². The molecule has 0 aromatic rings. The first-order chi connectivity index (χ1) is 3.83. The molecule has 0 saturated heterocycles. The molecule has 0 aromatic heterocycles. The molecule has 0 aliphatic rings. The first-order valence-electron chi connectivity index (χ1n) is 3.15. The van der Waals surface area contributed by atoms with Crippen LogP contribution in [-0.2, 0) is 4.74 Å². The molecule has 0 saturated carbocycles. The molecule has 3 heteroatoms. The van der Waals surface area contributed by atoms with Crippen LogP contribution in [0.25, 0.3) is 0 Å². The second kappa shape index (κ2) is 32.4. The molecule has 0 aliphatic carbocycles. The summed E-state index contributed by atoms with van der Waals surface area (Å²) in [4.78, 5) is 0. The van der Waals surface area contributed by atoms with Crippen molar-refractivity contribution in [2.75, 3.05) is 13.2 Å². The van der Waals surface area contributed by atoms with Gasteiger partial charge in [-0.25, -0.2) is 0 Å². The summed E-state index contributed by atoms with van der Waals surface area (Å²) in [7, 11) is 0. The number of rotatable bonds is 2. The molecule has 0 fully saturated rings. The van der Waals surface area contributed by atoms with Crippen LogP contribution in [0.2, 0.25) is 0 Å². The molecule has 0 heterocycles. The molecule has 1 nitrogen and oxygen atoms in total. The predicted molar refractivity (Wildman–Crippen MR) is 43.6 cm³/mol. The van der Waals surface area contributed by atoms with E-state index in [4.69, 9.17) is 4.74 Å². The molecule has 10 heavy (non-hydrogen) atoms. The SMILES string of the molecule is CCOCC.C[CH-]C.[Cl-].[Mg+2]. The van der Waals surface area contributed by atoms with Crippen LogP contribution in [0.15, 0.2) is 0 Å². The summed E-state index contributed by atoms with van der Waals surface area (Å²) in [5, 5.41) is 0. The van der Waals surface area contributed by atoms with Gasteiger partial charge in [0.2, 0.25) is 0 Å². The smallest absolute Gasteiger partial charge is 1.00 e. The van der Waals surface area contributed by atoms with Crippen molar-refractivity contribution in [1.82, 2.24) is 0 Å². The summed E-state index contributed by atoms with van der Waals surface area (Å²) < 4.78 is 4.83. The fourth-order valence-corrected chi connectivity index (χ4v) is 0.204. The van der Waals surface area contributed by atoms with Gasteiger partial charge in [0.25, 0.3) is 0 Å². The fraction of sp³-hybridized carbons (Fsp3) is 0.857. The van der Waals surface area contributed by atoms with E-state index < -0.39 is 0 Å². The van der Waals surface area contributed by atoms with Gasteiger partial charge in [0.05, 0.1) is 0 Å². The van der Waals surface area contributed by atoms with E-state index in [1.807, 2.05) is 34.1 Å². The van der Waals surface area contributed by atoms with Gasteiger partial charge in [-0.1, -0.05) is 0 Å². The third-order valence-corrected chi connectivity index (χ3v) is 0.408. The molecular weight excluding hydrogens is 160 g/mol. The molecule has 0 aromatic carbocycles. The number of ether oxygens (including phenoxy) is 1. The van der Waals surface area contributed by atoms with E-state index in [0.717, 1.165) is 13.2 Å². The van der Waals surface area contributed by atoms with Crippen molar-refractivity contribution in [1.29, 1.82) is 0 Å². The Bertz CT molecular complexity index is 27.6. The average molecular weight is 177 g/mol. The van der Waals surface area contributed by atoms with Gasteiger partial charge < -0.3 is 23.6 Å². The maximum Gasteiger partial charge on any atom is 2.00 e. The Labute approximate surface area is 87.5 Å². The Kier molecular flexibility index (Phi) is 72.6. The summed E-state index contributed by atoms with van der Waals surface area (Å²) >= 11 is 0. The van der Waals surface area contributed by atoms with Gasteiger partial charge in [-0.05, 0) is 13.8 Å². The molecule has 0 rings (SSSR count). The third-order valence-electron chi connectivity index (χ3n) is 0.408. The summed E-state index contributed by atoms with van der Waals surface area (Å²) in [5.74, 6) is 0. The molecule has 0 bridgehead atoms. The Balaban J connectivity index is -0.0000000326. The van der Waals surface area contributed by atoms with Crippen LogP contribution >= 0.6 is 0 Å². The molecule has 60 valence electrons. The Hall–Kier alpha value is 1.02. The van der Waals surface area contributed by atoms with E-state index >= 15 is 0 Å². The zero-order valence-electron chi connectivity index (χ0n) is 7.48. The second-order valence-electron chi connectivity index (χ2n) is 1.36. The van der Waals surface area contributed by atoms with E-state index in [1.54, 1.807) is 0 Å². The van der Waals surface area contributed by atoms with Gasteiger partial charge in [0.15, 0.2) is 0 Å². The minimum Gasteiger partial charge on any atom is -1.00 e. The van der Waals surface area contributed by atoms with Crippen LogP contribution < -0.4 is 12.4 Å². The van der Waals surface area contributed by atoms with Gasteiger partial charge in [0.1, 0.15) is 0 Å². The maximum absolute atomic E-state index is 4.83. The van der Waals surface area contributed by atoms with E-state index in [2.05, 4.69) is 0 Å². The van der Waals surface area contributed by atoms with E-state index in [0.29, 0.717) is 0 Å². The van der Waals surface area contributed by atoms with Crippen LogP contribution in [0.1, 0.15) is 27.7 Å². The minimum absolute atomic E-state index is 0. The molecular formula is C7H17ClMgO. The summed E-state index contributed by atoms with van der Waals surface area (Å²) in [6, 6.07) is 0. The quantitative estimate of drug-likeness (QED) is 0.384. The Morgan fingerprint density at radius 1 is 1.10 bits per heavy atom. The summed E-state index contributed by atoms with van der Waals surface area (Å²) in [5.41, 5.74) is 0. The normalized spacial score (nSPS) is 6.00. The van der Waals surface area contributed by atoms with Gasteiger partial charge in [-0.2, -0.15) is 13.8 Å². The molecule has 0 spiro atoms. The number of hydrogen-bond acceptors (Lipinski definition) is 1. The van der Waals surface area contributed by atoms with E-state index in [9.17, 15) is 0 Å². The van der Waals surface area contributed by atoms with Crippen molar-refractivity contribution in [2.24, 2.45) is 0 Å². The Morgan fingerprint density at radius 2 is 1.30 bits per heavy atom. The minimum atomic E-state index is 0. The molecule has 0 N–H and O–H groups in total. The van der Waals surface area contributed by atoms with Crippen LogP contribution in [0, 0.1) is 6.42 Å². The molecule has 0 unspecified atom stereocenters. The zero-order valence-corrected chi connectivity index (χ0v) is 9.66. The molecule has 0 amide bonds. The van der Waals surface area contributed by atoms with Gasteiger partial charge >= 0.3 is 23.1 Å². The number of halogens is 1. The zero-order chi connectivity index (χ0) is 6.83. The molecule has 0 atom stereocenters. The van der Waals surface area contributed by atoms with Crippen molar-refractivity contribution in [2.45, 2.75) is 27.7 Å². The topological polar surface area (TPSA) is 9.23 Å². The monoisotopic (exact) mass is 176 g/mol. The first kappa shape index (κ1) is 22.5. The average Bonchev–Trinajstić information content (AvgIpc) is 1.71. The van der Waals surface area contributed by atoms with Crippen molar-refractivity contribution in [3.63, 3.8) is 0 Å². The van der Waals surface area contributed by atoms with E-state index in [-0.39, 0.29) is 35.5 Å². The van der Waals surface area contributed by atoms with Crippen LogP contribution in [0.3, 0.4) is 0 Å². The summed E-state index contributed by atoms with van der Waals surface area (Å²) in [6.07, 6.45) is 2.00. The second-order valence-corrected chi connectivity index (χ2v) is 1.36. The summed E-state index contributed by atoms with van der Waals surface area (Å²) in [6.45, 7) is 9.67. The predicted octanol–water partition coefficient (Wildman–Crippen LogP) is -1.10. The largest absolute Gasteiger partial charge is 2.00 e. The Morgan fingerprint density at radius 3 is 1.30 bits per heavy atom. The van der Waals surface area contributed by atoms with Crippen molar-refractivity contribution < 1.29 is 17.1 Å². The standard InChI is InChI=1S/C4H10O.C3H7.ClH.Mg/c1-3-5-4-2;1-3-2;;/h3-4H2,1-2H3;3H,1-2H3;1H;/q;-1;;+2/p-1. The van der Waals surface area contributed by atoms with Crippen LogP contribution in [0.4, 0.5) is 0 Å².